The van der Waals surface area contributed by atoms with Crippen LogP contribution < -0.4 is 10.1 Å². The summed E-state index contributed by atoms with van der Waals surface area (Å²) in [6.45, 7) is 1.96. The molecule has 0 saturated carbocycles. The van der Waals surface area contributed by atoms with E-state index < -0.39 is 6.10 Å². The lowest BCUT2D eigenvalue weighted by molar-refractivity contribution is -0.128. The lowest BCUT2D eigenvalue weighted by Crippen LogP contribution is -2.40. The van der Waals surface area contributed by atoms with E-state index in [1.165, 1.54) is 0 Å². The van der Waals surface area contributed by atoms with Crippen LogP contribution in [0, 0.1) is 0 Å². The van der Waals surface area contributed by atoms with Gasteiger partial charge in [-0.15, -0.1) is 0 Å². The minimum Gasteiger partial charge on any atom is -0.481 e. The highest BCUT2D eigenvalue weighted by atomic mass is 79.9. The van der Waals surface area contributed by atoms with Crippen LogP contribution in [0.2, 0.25) is 0 Å². The summed E-state index contributed by atoms with van der Waals surface area (Å²) in [5, 5.41) is 5.44. The van der Waals surface area contributed by atoms with Gasteiger partial charge in [0.1, 0.15) is 5.75 Å². The maximum atomic E-state index is 13.3. The van der Waals surface area contributed by atoms with Crippen LogP contribution >= 0.6 is 15.9 Å². The Balaban J connectivity index is 1.58. The van der Waals surface area contributed by atoms with Gasteiger partial charge in [0.2, 0.25) is 0 Å². The molecule has 156 valence electrons. The van der Waals surface area contributed by atoms with Gasteiger partial charge in [-0.1, -0.05) is 102 Å². The summed E-state index contributed by atoms with van der Waals surface area (Å²) in [6.07, 6.45) is -0.0225. The molecule has 4 rings (SSSR count). The maximum absolute atomic E-state index is 13.3. The fourth-order valence-electron chi connectivity index (χ4n) is 3.66. The van der Waals surface area contributed by atoms with Crippen LogP contribution in [0.15, 0.2) is 102 Å². The van der Waals surface area contributed by atoms with Gasteiger partial charge in [0.15, 0.2) is 6.10 Å². The van der Waals surface area contributed by atoms with Gasteiger partial charge in [-0.2, -0.15) is 0 Å². The number of carbonyl (C=O) groups excluding carboxylic acids is 1. The first-order valence-electron chi connectivity index (χ1n) is 10.4. The molecule has 0 bridgehead atoms. The Hall–Kier alpha value is -3.11. The predicted octanol–water partition coefficient (Wildman–Crippen LogP) is 6.67. The molecule has 0 aliphatic carbocycles. The van der Waals surface area contributed by atoms with E-state index in [4.69, 9.17) is 4.74 Å². The van der Waals surface area contributed by atoms with Crippen LogP contribution in [0.25, 0.3) is 10.8 Å². The van der Waals surface area contributed by atoms with E-state index >= 15 is 0 Å². The molecule has 0 heterocycles. The molecule has 0 radical (unpaired) electrons. The van der Waals surface area contributed by atoms with E-state index in [9.17, 15) is 4.79 Å². The zero-order valence-corrected chi connectivity index (χ0v) is 18.9. The quantitative estimate of drug-likeness (QED) is 0.325. The van der Waals surface area contributed by atoms with Gasteiger partial charge in [-0.25, -0.2) is 0 Å². The Bertz CT molecular complexity index is 1180. The number of hydrogen-bond acceptors (Lipinski definition) is 2. The maximum Gasteiger partial charge on any atom is 0.261 e. The van der Waals surface area contributed by atoms with E-state index in [0.29, 0.717) is 12.2 Å². The molecule has 0 spiro atoms. The van der Waals surface area contributed by atoms with E-state index in [0.717, 1.165) is 26.4 Å². The highest BCUT2D eigenvalue weighted by Crippen LogP contribution is 2.29. The van der Waals surface area contributed by atoms with Crippen molar-refractivity contribution in [2.45, 2.75) is 25.5 Å². The minimum atomic E-state index is -0.588. The minimum absolute atomic E-state index is 0.139. The summed E-state index contributed by atoms with van der Waals surface area (Å²) in [5.74, 6) is 0.554. The highest BCUT2D eigenvalue weighted by molar-refractivity contribution is 9.10. The second-order valence-electron chi connectivity index (χ2n) is 7.40. The van der Waals surface area contributed by atoms with Crippen LogP contribution in [0.3, 0.4) is 0 Å². The number of amides is 1. The predicted molar refractivity (Wildman–Crippen MR) is 129 cm³/mol. The lowest BCUT2D eigenvalue weighted by Gasteiger charge is -2.24. The first kappa shape index (κ1) is 21.1. The lowest BCUT2D eigenvalue weighted by atomic mass is 9.98. The summed E-state index contributed by atoms with van der Waals surface area (Å²) < 4.78 is 7.06. The molecule has 1 N–H and O–H groups in total. The van der Waals surface area contributed by atoms with Crippen LogP contribution in [-0.4, -0.2) is 12.0 Å². The zero-order valence-electron chi connectivity index (χ0n) is 17.3. The molecule has 1 amide bonds. The standard InChI is InChI=1S/C27H24BrNO2/c1-2-25(31-22-17-16-19-10-6-7-13-21(19)18-22)27(30)29-26(20-11-4-3-5-12-20)23-14-8-9-15-24(23)28/h3-18,25-26H,2H2,1H3,(H,29,30)/t25-,26+/m1/s1. The molecule has 2 atom stereocenters. The summed E-state index contributed by atoms with van der Waals surface area (Å²) in [7, 11) is 0. The first-order chi connectivity index (χ1) is 15.2. The van der Waals surface area contributed by atoms with Crippen molar-refractivity contribution in [1.82, 2.24) is 5.32 Å². The molecule has 0 unspecified atom stereocenters. The largest absolute Gasteiger partial charge is 0.481 e. The SMILES string of the molecule is CC[C@@H](Oc1ccc2ccccc2c1)C(=O)N[C@@H](c1ccccc1)c1ccccc1Br. The number of fused-ring (bicyclic) bond motifs is 1. The zero-order chi connectivity index (χ0) is 21.6. The van der Waals surface area contributed by atoms with Gasteiger partial charge in [0.25, 0.3) is 5.91 Å². The second kappa shape index (κ2) is 9.80. The van der Waals surface area contributed by atoms with Gasteiger partial charge in [0.05, 0.1) is 6.04 Å². The Kier molecular flexibility index (Phi) is 6.68. The Labute approximate surface area is 191 Å². The molecule has 0 aromatic heterocycles. The molecule has 0 aliphatic heterocycles. The topological polar surface area (TPSA) is 38.3 Å². The van der Waals surface area contributed by atoms with Crippen LogP contribution in [0.1, 0.15) is 30.5 Å². The van der Waals surface area contributed by atoms with Crippen molar-refractivity contribution in [1.29, 1.82) is 0 Å². The molecule has 4 heteroatoms. The van der Waals surface area contributed by atoms with Gasteiger partial charge in [-0.3, -0.25) is 4.79 Å². The molecular weight excluding hydrogens is 450 g/mol. The van der Waals surface area contributed by atoms with Gasteiger partial charge >= 0.3 is 0 Å². The molecule has 0 fully saturated rings. The summed E-state index contributed by atoms with van der Waals surface area (Å²) >= 11 is 3.63. The van der Waals surface area contributed by atoms with E-state index in [-0.39, 0.29) is 11.9 Å². The number of ether oxygens (including phenoxy) is 1. The van der Waals surface area contributed by atoms with E-state index in [1.807, 2.05) is 97.9 Å². The third-order valence-electron chi connectivity index (χ3n) is 5.30. The molecular formula is C27H24BrNO2. The van der Waals surface area contributed by atoms with Crippen molar-refractivity contribution in [2.75, 3.05) is 0 Å². The summed E-state index contributed by atoms with van der Waals surface area (Å²) in [4.78, 5) is 13.3. The van der Waals surface area contributed by atoms with Gasteiger partial charge < -0.3 is 10.1 Å². The number of hydrogen-bond donors (Lipinski definition) is 1. The number of rotatable bonds is 7. The monoisotopic (exact) mass is 473 g/mol. The number of nitrogens with one attached hydrogen (secondary N) is 1. The highest BCUT2D eigenvalue weighted by Gasteiger charge is 2.25. The normalized spacial score (nSPS) is 12.8. The third-order valence-corrected chi connectivity index (χ3v) is 6.02. The Morgan fingerprint density at radius 3 is 2.29 bits per heavy atom. The average Bonchev–Trinajstić information content (AvgIpc) is 2.82. The van der Waals surface area contributed by atoms with Crippen molar-refractivity contribution < 1.29 is 9.53 Å². The van der Waals surface area contributed by atoms with E-state index in [1.54, 1.807) is 0 Å². The summed E-state index contributed by atoms with van der Waals surface area (Å²) in [6, 6.07) is 31.7. The number of halogens is 1. The number of benzene rings is 4. The summed E-state index contributed by atoms with van der Waals surface area (Å²) in [5.41, 5.74) is 2.02. The Morgan fingerprint density at radius 1 is 0.871 bits per heavy atom. The van der Waals surface area contributed by atoms with Crippen molar-refractivity contribution >= 4 is 32.6 Å². The average molecular weight is 474 g/mol. The van der Waals surface area contributed by atoms with Crippen molar-refractivity contribution in [2.24, 2.45) is 0 Å². The van der Waals surface area contributed by atoms with Crippen molar-refractivity contribution in [3.63, 3.8) is 0 Å². The smallest absolute Gasteiger partial charge is 0.261 e. The van der Waals surface area contributed by atoms with Crippen LogP contribution in [0.4, 0.5) is 0 Å². The van der Waals surface area contributed by atoms with Crippen LogP contribution in [0.5, 0.6) is 5.75 Å². The van der Waals surface area contributed by atoms with Crippen molar-refractivity contribution in [3.05, 3.63) is 113 Å². The first-order valence-corrected chi connectivity index (χ1v) is 11.2. The molecule has 31 heavy (non-hydrogen) atoms. The van der Waals surface area contributed by atoms with Crippen LogP contribution in [-0.2, 0) is 4.79 Å². The fraction of sp³-hybridized carbons (Fsp3) is 0.148. The molecule has 4 aromatic carbocycles. The van der Waals surface area contributed by atoms with E-state index in [2.05, 4.69) is 27.3 Å². The molecule has 4 aromatic rings. The molecule has 0 saturated heterocycles. The second-order valence-corrected chi connectivity index (χ2v) is 8.25. The van der Waals surface area contributed by atoms with Crippen molar-refractivity contribution in [3.8, 4) is 5.75 Å². The fourth-order valence-corrected chi connectivity index (χ4v) is 4.17. The Morgan fingerprint density at radius 2 is 1.55 bits per heavy atom. The van der Waals surface area contributed by atoms with Gasteiger partial charge in [-0.05, 0) is 46.5 Å². The molecule has 3 nitrogen and oxygen atoms in total. The third kappa shape index (κ3) is 4.97. The number of carbonyl (C=O) groups is 1. The molecule has 0 aliphatic rings. The van der Waals surface area contributed by atoms with Gasteiger partial charge in [0, 0.05) is 4.47 Å².